The maximum atomic E-state index is 12.0. The van der Waals surface area contributed by atoms with E-state index in [0.717, 1.165) is 49.9 Å². The molecular formula is C87H172O4. The number of aliphatic carboxylic acids is 1. The summed E-state index contributed by atoms with van der Waals surface area (Å²) in [4.78, 5) is 12.0. The van der Waals surface area contributed by atoms with Gasteiger partial charge in [-0.25, -0.2) is 0 Å². The fourth-order valence-electron chi connectivity index (χ4n) is 15.8. The Bertz CT molecular complexity index is 1380. The van der Waals surface area contributed by atoms with Crippen LogP contribution in [0.5, 0.6) is 0 Å². The molecule has 7 atom stereocenters. The second kappa shape index (κ2) is 72.1. The van der Waals surface area contributed by atoms with Gasteiger partial charge in [0, 0.05) is 0 Å². The lowest BCUT2D eigenvalue weighted by Gasteiger charge is -2.19. The summed E-state index contributed by atoms with van der Waals surface area (Å²) in [5.74, 6) is 2.16. The summed E-state index contributed by atoms with van der Waals surface area (Å²) in [7, 11) is 0. The molecule has 1 rings (SSSR count). The Balaban J connectivity index is 1.77. The van der Waals surface area contributed by atoms with E-state index in [1.807, 2.05) is 0 Å². The number of aliphatic hydroxyl groups excluding tert-OH is 2. The summed E-state index contributed by atoms with van der Waals surface area (Å²) >= 11 is 0. The quantitative estimate of drug-likeness (QED) is 0.0530. The first-order chi connectivity index (χ1) is 44.8. The Kier molecular flexibility index (Phi) is 70.1. The van der Waals surface area contributed by atoms with E-state index in [-0.39, 0.29) is 6.10 Å². The topological polar surface area (TPSA) is 77.8 Å². The zero-order valence-corrected chi connectivity index (χ0v) is 63.3. The average molecular weight is 1280 g/mol. The average Bonchev–Trinajstić information content (AvgIpc) is 2.01. The van der Waals surface area contributed by atoms with Crippen molar-refractivity contribution in [2.24, 2.45) is 29.6 Å². The molecule has 0 aliphatic heterocycles. The Labute approximate surface area is 574 Å². The number of unbranched alkanes of at least 4 members (excludes halogenated alkanes) is 64. The molecule has 3 N–H and O–H groups in total. The first-order valence-electron chi connectivity index (χ1n) is 43.4. The van der Waals surface area contributed by atoms with E-state index in [4.69, 9.17) is 0 Å². The number of hydrogen-bond donors (Lipinski definition) is 3. The summed E-state index contributed by atoms with van der Waals surface area (Å²) in [6, 6.07) is 0. The predicted octanol–water partition coefficient (Wildman–Crippen LogP) is 30.2. The molecule has 0 aromatic rings. The van der Waals surface area contributed by atoms with Crippen LogP contribution in [0.2, 0.25) is 0 Å². The molecule has 0 saturated heterocycles. The Hall–Kier alpha value is -0.610. The minimum atomic E-state index is -0.799. The zero-order valence-electron chi connectivity index (χ0n) is 63.3. The number of carboxylic acid groups (broad SMARTS) is 1. The van der Waals surface area contributed by atoms with Crippen molar-refractivity contribution < 1.29 is 20.1 Å². The van der Waals surface area contributed by atoms with Crippen LogP contribution >= 0.6 is 0 Å². The van der Waals surface area contributed by atoms with Gasteiger partial charge in [0.1, 0.15) is 0 Å². The lowest BCUT2D eigenvalue weighted by Crippen LogP contribution is -2.28. The SMILES string of the molecule is CCCCCCCCCCCCCCCCCCCCCCCCC(C(=O)O)[C@H](O)CCCCCCCCCCCCCCCC[C@H]1C[C@@H]1[C@@H](C)CCCCCCCCCCCCCCCCCC[C@H](O)[C@@H](C)CCCCCCCCCCCCCCCCCC. The minimum Gasteiger partial charge on any atom is -0.481 e. The third-order valence-corrected chi connectivity index (χ3v) is 22.8. The standard InChI is InChI=1S/C87H172O4/c1-5-7-9-11-13-15-17-19-21-23-24-25-26-27-28-33-40-46-52-58-64-70-76-83(87(90)91)86(89)78-72-66-60-54-48-42-36-35-39-45-51-57-63-69-75-82-79-84(82)80(3)73-67-61-55-49-43-37-32-29-30-34-41-47-53-59-65-71-77-85(88)81(4)74-68-62-56-50-44-38-31-22-20-18-16-14-12-10-8-6-2/h80-86,88-89H,5-79H2,1-4H3,(H,90,91)/t80-,81-,82-,83?,84+,85-,86+/m0/s1. The highest BCUT2D eigenvalue weighted by molar-refractivity contribution is 5.70. The highest BCUT2D eigenvalue weighted by Crippen LogP contribution is 2.49. The highest BCUT2D eigenvalue weighted by atomic mass is 16.4. The van der Waals surface area contributed by atoms with Crippen molar-refractivity contribution in [3.63, 3.8) is 0 Å². The van der Waals surface area contributed by atoms with Crippen molar-refractivity contribution >= 4 is 5.97 Å². The lowest BCUT2D eigenvalue weighted by atomic mass is 9.91. The normalized spacial score (nSPS) is 15.8. The van der Waals surface area contributed by atoms with Gasteiger partial charge < -0.3 is 15.3 Å². The van der Waals surface area contributed by atoms with Gasteiger partial charge in [0.25, 0.3) is 0 Å². The van der Waals surface area contributed by atoms with Crippen LogP contribution in [0.4, 0.5) is 0 Å². The molecule has 0 amide bonds. The van der Waals surface area contributed by atoms with Gasteiger partial charge in [-0.05, 0) is 55.8 Å². The molecule has 0 aromatic heterocycles. The predicted molar refractivity (Wildman–Crippen MR) is 406 cm³/mol. The van der Waals surface area contributed by atoms with E-state index >= 15 is 0 Å². The van der Waals surface area contributed by atoms with E-state index in [1.54, 1.807) is 0 Å². The van der Waals surface area contributed by atoms with Gasteiger partial charge in [-0.15, -0.1) is 0 Å². The molecule has 0 bridgehead atoms. The van der Waals surface area contributed by atoms with Crippen LogP contribution in [0.1, 0.15) is 509 Å². The van der Waals surface area contributed by atoms with Crippen LogP contribution in [0.3, 0.4) is 0 Å². The first kappa shape index (κ1) is 88.4. The Morgan fingerprint density at radius 3 is 0.747 bits per heavy atom. The molecule has 1 aliphatic carbocycles. The van der Waals surface area contributed by atoms with E-state index in [1.165, 1.54) is 437 Å². The van der Waals surface area contributed by atoms with Gasteiger partial charge in [0.2, 0.25) is 0 Å². The second-order valence-electron chi connectivity index (χ2n) is 31.8. The van der Waals surface area contributed by atoms with Crippen LogP contribution in [-0.2, 0) is 4.79 Å². The maximum Gasteiger partial charge on any atom is 0.309 e. The molecule has 1 aliphatic rings. The fraction of sp³-hybridized carbons (Fsp3) is 0.989. The summed E-state index contributed by atoms with van der Waals surface area (Å²) in [6.45, 7) is 9.46. The number of carbonyl (C=O) groups is 1. The van der Waals surface area contributed by atoms with Crippen LogP contribution < -0.4 is 0 Å². The highest BCUT2D eigenvalue weighted by Gasteiger charge is 2.39. The third kappa shape index (κ3) is 63.9. The van der Waals surface area contributed by atoms with E-state index < -0.39 is 18.0 Å². The number of hydrogen-bond acceptors (Lipinski definition) is 3. The van der Waals surface area contributed by atoms with Crippen molar-refractivity contribution in [1.82, 2.24) is 0 Å². The molecule has 4 nitrogen and oxygen atoms in total. The molecule has 1 saturated carbocycles. The number of carboxylic acids is 1. The third-order valence-electron chi connectivity index (χ3n) is 22.8. The number of aliphatic hydroxyl groups is 2. The van der Waals surface area contributed by atoms with Crippen molar-refractivity contribution in [1.29, 1.82) is 0 Å². The largest absolute Gasteiger partial charge is 0.481 e. The molecule has 0 radical (unpaired) electrons. The molecule has 0 spiro atoms. The summed E-state index contributed by atoms with van der Waals surface area (Å²) in [5, 5.41) is 31.3. The van der Waals surface area contributed by atoms with Crippen molar-refractivity contribution in [3.05, 3.63) is 0 Å². The number of rotatable bonds is 80. The Morgan fingerprint density at radius 2 is 0.484 bits per heavy atom. The lowest BCUT2D eigenvalue weighted by molar-refractivity contribution is -0.146. The maximum absolute atomic E-state index is 12.0. The molecule has 0 aromatic carbocycles. The van der Waals surface area contributed by atoms with Gasteiger partial charge in [-0.2, -0.15) is 0 Å². The smallest absolute Gasteiger partial charge is 0.309 e. The summed E-state index contributed by atoms with van der Waals surface area (Å²) in [5.41, 5.74) is 0. The molecule has 4 heteroatoms. The van der Waals surface area contributed by atoms with Gasteiger partial charge in [0.05, 0.1) is 18.1 Å². The first-order valence-corrected chi connectivity index (χ1v) is 43.4. The van der Waals surface area contributed by atoms with Gasteiger partial charge >= 0.3 is 5.97 Å². The van der Waals surface area contributed by atoms with Crippen LogP contribution in [0.25, 0.3) is 0 Å². The van der Waals surface area contributed by atoms with Crippen LogP contribution in [0.15, 0.2) is 0 Å². The molecule has 544 valence electrons. The van der Waals surface area contributed by atoms with E-state index in [9.17, 15) is 20.1 Å². The summed E-state index contributed by atoms with van der Waals surface area (Å²) in [6.07, 6.45) is 102. The van der Waals surface area contributed by atoms with Crippen LogP contribution in [-0.4, -0.2) is 33.5 Å². The molecule has 1 fully saturated rings. The van der Waals surface area contributed by atoms with Crippen LogP contribution in [0, 0.1) is 29.6 Å². The monoisotopic (exact) mass is 1280 g/mol. The Morgan fingerprint density at radius 1 is 0.275 bits per heavy atom. The van der Waals surface area contributed by atoms with E-state index in [0.29, 0.717) is 18.8 Å². The second-order valence-corrected chi connectivity index (χ2v) is 31.8. The molecule has 1 unspecified atom stereocenters. The zero-order chi connectivity index (χ0) is 65.7. The van der Waals surface area contributed by atoms with Gasteiger partial charge in [-0.1, -0.05) is 477 Å². The van der Waals surface area contributed by atoms with E-state index in [2.05, 4.69) is 27.7 Å². The minimum absolute atomic E-state index is 0.0809. The van der Waals surface area contributed by atoms with Crippen molar-refractivity contribution in [2.45, 2.75) is 521 Å². The fourth-order valence-corrected chi connectivity index (χ4v) is 15.8. The van der Waals surface area contributed by atoms with Gasteiger partial charge in [0.15, 0.2) is 0 Å². The molecular weight excluding hydrogens is 1110 g/mol. The van der Waals surface area contributed by atoms with Gasteiger partial charge in [-0.3, -0.25) is 4.79 Å². The summed E-state index contributed by atoms with van der Waals surface area (Å²) < 4.78 is 0. The molecule has 91 heavy (non-hydrogen) atoms. The van der Waals surface area contributed by atoms with Crippen molar-refractivity contribution in [3.8, 4) is 0 Å². The molecule has 0 heterocycles. The van der Waals surface area contributed by atoms with Crippen molar-refractivity contribution in [2.75, 3.05) is 0 Å².